The highest BCUT2D eigenvalue weighted by atomic mass is 79.9. The molecule has 23 heavy (non-hydrogen) atoms. The van der Waals surface area contributed by atoms with Crippen LogP contribution in [0.2, 0.25) is 0 Å². The minimum Gasteiger partial charge on any atom is -0.492 e. The lowest BCUT2D eigenvalue weighted by molar-refractivity contribution is 0.307. The number of unbranched alkanes of at least 4 members (excludes halogenated alkanes) is 1. The summed E-state index contributed by atoms with van der Waals surface area (Å²) in [6.45, 7) is 2.95. The third-order valence-electron chi connectivity index (χ3n) is 3.95. The molecule has 0 N–H and O–H groups in total. The SMILES string of the molecule is CCCCOc1ccc(Cc2cc3cccccc-3c2)cc1Br. The first-order valence-corrected chi connectivity index (χ1v) is 8.94. The van der Waals surface area contributed by atoms with Crippen molar-refractivity contribution in [2.45, 2.75) is 26.2 Å². The largest absolute Gasteiger partial charge is 0.492 e. The van der Waals surface area contributed by atoms with Crippen LogP contribution in [0.25, 0.3) is 11.1 Å². The molecule has 0 amide bonds. The van der Waals surface area contributed by atoms with Crippen molar-refractivity contribution in [3.8, 4) is 16.9 Å². The number of hydrogen-bond donors (Lipinski definition) is 0. The summed E-state index contributed by atoms with van der Waals surface area (Å²) < 4.78 is 6.83. The highest BCUT2D eigenvalue weighted by Crippen LogP contribution is 2.30. The summed E-state index contributed by atoms with van der Waals surface area (Å²) in [4.78, 5) is 0. The number of fused-ring (bicyclic) bond motifs is 1. The van der Waals surface area contributed by atoms with Gasteiger partial charge in [-0.1, -0.05) is 61.9 Å². The van der Waals surface area contributed by atoms with E-state index in [2.05, 4.69) is 83.5 Å². The molecule has 1 aromatic carbocycles. The van der Waals surface area contributed by atoms with Gasteiger partial charge < -0.3 is 4.74 Å². The van der Waals surface area contributed by atoms with E-state index in [4.69, 9.17) is 4.74 Å². The summed E-state index contributed by atoms with van der Waals surface area (Å²) in [7, 11) is 0. The molecule has 0 unspecified atom stereocenters. The van der Waals surface area contributed by atoms with E-state index in [1.165, 1.54) is 22.3 Å². The average Bonchev–Trinajstić information content (AvgIpc) is 2.78. The van der Waals surface area contributed by atoms with E-state index in [9.17, 15) is 0 Å². The van der Waals surface area contributed by atoms with Crippen molar-refractivity contribution < 1.29 is 4.74 Å². The molecule has 1 aromatic rings. The van der Waals surface area contributed by atoms with Gasteiger partial charge in [0.05, 0.1) is 11.1 Å². The second-order valence-electron chi connectivity index (χ2n) is 5.83. The Kier molecular flexibility index (Phi) is 5.35. The van der Waals surface area contributed by atoms with Crippen LogP contribution in [-0.4, -0.2) is 6.61 Å². The third-order valence-corrected chi connectivity index (χ3v) is 4.57. The van der Waals surface area contributed by atoms with Crippen LogP contribution >= 0.6 is 15.9 Å². The van der Waals surface area contributed by atoms with Gasteiger partial charge in [0.1, 0.15) is 5.75 Å². The molecular weight excluding hydrogens is 348 g/mol. The fourth-order valence-electron chi connectivity index (χ4n) is 2.71. The molecule has 2 heteroatoms. The second kappa shape index (κ2) is 7.65. The number of hydrogen-bond acceptors (Lipinski definition) is 1. The second-order valence-corrected chi connectivity index (χ2v) is 6.68. The Morgan fingerprint density at radius 3 is 2.26 bits per heavy atom. The van der Waals surface area contributed by atoms with Crippen LogP contribution in [0, 0.1) is 0 Å². The van der Waals surface area contributed by atoms with Crippen molar-refractivity contribution in [3.63, 3.8) is 0 Å². The predicted octanol–water partition coefficient (Wildman–Crippen LogP) is 6.32. The van der Waals surface area contributed by atoms with E-state index in [0.29, 0.717) is 0 Å². The first kappa shape index (κ1) is 16.1. The van der Waals surface area contributed by atoms with E-state index >= 15 is 0 Å². The monoisotopic (exact) mass is 368 g/mol. The summed E-state index contributed by atoms with van der Waals surface area (Å²) in [5.74, 6) is 0.932. The average molecular weight is 369 g/mol. The molecule has 1 nitrogen and oxygen atoms in total. The molecule has 0 atom stereocenters. The zero-order chi connectivity index (χ0) is 16.1. The Bertz CT molecular complexity index is 720. The molecular formula is C21H21BrO. The molecule has 0 bridgehead atoms. The Balaban J connectivity index is 1.74. The summed E-state index contributed by atoms with van der Waals surface area (Å²) in [6.07, 6.45) is 3.18. The van der Waals surface area contributed by atoms with Crippen LogP contribution in [0.3, 0.4) is 0 Å². The summed E-state index contributed by atoms with van der Waals surface area (Å²) >= 11 is 3.63. The standard InChI is InChI=1S/C21H21BrO/c1-2-3-11-23-21-10-9-16(15-20(21)22)12-17-13-18-7-5-4-6-8-19(18)14-17/h4-10,13-15H,2-3,11-12H2,1H3. The Labute approximate surface area is 146 Å². The lowest BCUT2D eigenvalue weighted by Crippen LogP contribution is -1.97. The fourth-order valence-corrected chi connectivity index (χ4v) is 3.26. The highest BCUT2D eigenvalue weighted by Gasteiger charge is 2.07. The molecule has 0 spiro atoms. The van der Waals surface area contributed by atoms with E-state index in [1.54, 1.807) is 0 Å². The minimum atomic E-state index is 0.777. The van der Waals surface area contributed by atoms with Gasteiger partial charge in [0.15, 0.2) is 0 Å². The quantitative estimate of drug-likeness (QED) is 0.462. The van der Waals surface area contributed by atoms with Crippen molar-refractivity contribution in [1.82, 2.24) is 0 Å². The molecule has 0 aliphatic heterocycles. The molecule has 0 aromatic heterocycles. The zero-order valence-electron chi connectivity index (χ0n) is 13.4. The maximum atomic E-state index is 5.79. The molecule has 0 saturated carbocycles. The Morgan fingerprint density at radius 2 is 1.61 bits per heavy atom. The first-order valence-electron chi connectivity index (χ1n) is 8.15. The predicted molar refractivity (Wildman–Crippen MR) is 100 cm³/mol. The zero-order valence-corrected chi connectivity index (χ0v) is 15.0. The molecule has 0 fully saturated rings. The maximum absolute atomic E-state index is 5.79. The highest BCUT2D eigenvalue weighted by molar-refractivity contribution is 9.10. The third kappa shape index (κ3) is 4.14. The van der Waals surface area contributed by atoms with Crippen LogP contribution in [0.15, 0.2) is 65.1 Å². The molecule has 0 saturated heterocycles. The van der Waals surface area contributed by atoms with Gasteiger partial charge in [0, 0.05) is 0 Å². The van der Waals surface area contributed by atoms with Crippen LogP contribution in [0.1, 0.15) is 30.9 Å². The van der Waals surface area contributed by atoms with Gasteiger partial charge in [-0.3, -0.25) is 0 Å². The Hall–Kier alpha value is -1.80. The molecule has 0 heterocycles. The molecule has 0 radical (unpaired) electrons. The van der Waals surface area contributed by atoms with Crippen LogP contribution in [0.5, 0.6) is 5.75 Å². The normalized spacial score (nSPS) is 10.9. The van der Waals surface area contributed by atoms with Crippen molar-refractivity contribution >= 4 is 15.9 Å². The van der Waals surface area contributed by atoms with Crippen molar-refractivity contribution in [1.29, 1.82) is 0 Å². The lowest BCUT2D eigenvalue weighted by atomic mass is 10.1. The van der Waals surface area contributed by atoms with E-state index in [1.807, 2.05) is 0 Å². The number of ether oxygens (including phenoxy) is 1. The van der Waals surface area contributed by atoms with Crippen LogP contribution in [-0.2, 0) is 6.42 Å². The number of rotatable bonds is 6. The van der Waals surface area contributed by atoms with Gasteiger partial charge in [0.25, 0.3) is 0 Å². The molecule has 118 valence electrons. The summed E-state index contributed by atoms with van der Waals surface area (Å²) in [5.41, 5.74) is 5.23. The smallest absolute Gasteiger partial charge is 0.133 e. The van der Waals surface area contributed by atoms with Gasteiger partial charge >= 0.3 is 0 Å². The number of halogens is 1. The van der Waals surface area contributed by atoms with E-state index in [0.717, 1.165) is 36.1 Å². The molecule has 2 aliphatic carbocycles. The summed E-state index contributed by atoms with van der Waals surface area (Å²) in [6, 6.07) is 21.5. The fraction of sp³-hybridized carbons (Fsp3) is 0.238. The van der Waals surface area contributed by atoms with Gasteiger partial charge in [-0.05, 0) is 63.2 Å². The van der Waals surface area contributed by atoms with Crippen molar-refractivity contribution in [2.75, 3.05) is 6.61 Å². The first-order chi connectivity index (χ1) is 11.3. The summed E-state index contributed by atoms with van der Waals surface area (Å²) in [5, 5.41) is 0. The Morgan fingerprint density at radius 1 is 0.870 bits per heavy atom. The number of benzene rings is 1. The topological polar surface area (TPSA) is 9.23 Å². The maximum Gasteiger partial charge on any atom is 0.133 e. The van der Waals surface area contributed by atoms with E-state index in [-0.39, 0.29) is 0 Å². The molecule has 3 rings (SSSR count). The van der Waals surface area contributed by atoms with Gasteiger partial charge in [-0.15, -0.1) is 0 Å². The molecule has 2 aliphatic rings. The van der Waals surface area contributed by atoms with Crippen molar-refractivity contribution in [3.05, 3.63) is 76.3 Å². The van der Waals surface area contributed by atoms with E-state index < -0.39 is 0 Å². The minimum absolute atomic E-state index is 0.777. The van der Waals surface area contributed by atoms with Crippen molar-refractivity contribution in [2.24, 2.45) is 0 Å². The van der Waals surface area contributed by atoms with Crippen LogP contribution in [0.4, 0.5) is 0 Å². The lowest BCUT2D eigenvalue weighted by Gasteiger charge is -2.09. The van der Waals surface area contributed by atoms with Gasteiger partial charge in [0.2, 0.25) is 0 Å². The van der Waals surface area contributed by atoms with Gasteiger partial charge in [-0.25, -0.2) is 0 Å². The van der Waals surface area contributed by atoms with Crippen LogP contribution < -0.4 is 4.74 Å². The van der Waals surface area contributed by atoms with Gasteiger partial charge in [-0.2, -0.15) is 0 Å².